The number of aliphatic hydroxyl groups excluding tert-OH is 1. The summed E-state index contributed by atoms with van der Waals surface area (Å²) in [6, 6.07) is 12.7. The molecule has 0 amide bonds. The second-order valence-electron chi connectivity index (χ2n) is 4.26. The van der Waals surface area contributed by atoms with Gasteiger partial charge < -0.3 is 9.52 Å². The smallest absolute Gasteiger partial charge is 0.134 e. The molecule has 1 unspecified atom stereocenters. The summed E-state index contributed by atoms with van der Waals surface area (Å²) in [5, 5.41) is 12.2. The summed E-state index contributed by atoms with van der Waals surface area (Å²) in [4.78, 5) is 0. The molecule has 2 aromatic carbocycles. The van der Waals surface area contributed by atoms with Crippen molar-refractivity contribution in [2.45, 2.75) is 6.10 Å². The molecular weight excluding hydrogens is 283 g/mol. The van der Waals surface area contributed by atoms with Crippen molar-refractivity contribution in [3.05, 3.63) is 69.9 Å². The monoisotopic (exact) mass is 292 g/mol. The molecule has 96 valence electrons. The van der Waals surface area contributed by atoms with Crippen LogP contribution in [0.2, 0.25) is 10.0 Å². The molecule has 0 aliphatic rings. The van der Waals surface area contributed by atoms with Crippen molar-refractivity contribution in [3.63, 3.8) is 0 Å². The predicted octanol–water partition coefficient (Wildman–Crippen LogP) is 4.82. The van der Waals surface area contributed by atoms with Crippen molar-refractivity contribution in [1.29, 1.82) is 0 Å². The lowest BCUT2D eigenvalue weighted by molar-refractivity contribution is 0.220. The van der Waals surface area contributed by atoms with Crippen molar-refractivity contribution in [1.82, 2.24) is 0 Å². The Balaban J connectivity index is 2.08. The van der Waals surface area contributed by atoms with Gasteiger partial charge in [0.1, 0.15) is 11.7 Å². The molecule has 0 saturated carbocycles. The first-order valence-electron chi connectivity index (χ1n) is 5.76. The van der Waals surface area contributed by atoms with Crippen LogP contribution in [0.15, 0.2) is 53.1 Å². The Bertz CT molecular complexity index is 734. The Labute approximate surface area is 120 Å². The molecule has 1 N–H and O–H groups in total. The molecule has 4 heteroatoms. The molecule has 0 spiro atoms. The standard InChI is InChI=1S/C15H10Cl2O2/c16-12-6-5-9(7-13(12)17)15(18)11-8-19-14-4-2-1-3-10(11)14/h1-8,15,18H. The molecule has 0 aliphatic carbocycles. The summed E-state index contributed by atoms with van der Waals surface area (Å²) in [6.07, 6.45) is 0.774. The largest absolute Gasteiger partial charge is 0.464 e. The van der Waals surface area contributed by atoms with E-state index in [0.29, 0.717) is 21.2 Å². The fourth-order valence-electron chi connectivity index (χ4n) is 2.07. The molecule has 3 aromatic rings. The van der Waals surface area contributed by atoms with Crippen molar-refractivity contribution < 1.29 is 9.52 Å². The predicted molar refractivity (Wildman–Crippen MR) is 76.7 cm³/mol. The van der Waals surface area contributed by atoms with E-state index in [0.717, 1.165) is 11.0 Å². The number of para-hydroxylation sites is 1. The number of hydrogen-bond donors (Lipinski definition) is 1. The van der Waals surface area contributed by atoms with Crippen LogP contribution in [-0.2, 0) is 0 Å². The number of rotatable bonds is 2. The summed E-state index contributed by atoms with van der Waals surface area (Å²) in [6.45, 7) is 0. The Kier molecular flexibility index (Phi) is 3.23. The second kappa shape index (κ2) is 4.89. The van der Waals surface area contributed by atoms with E-state index in [2.05, 4.69) is 0 Å². The molecule has 0 radical (unpaired) electrons. The van der Waals surface area contributed by atoms with E-state index in [1.807, 2.05) is 24.3 Å². The summed E-state index contributed by atoms with van der Waals surface area (Å²) in [5.41, 5.74) is 2.14. The Morgan fingerprint density at radius 2 is 1.79 bits per heavy atom. The highest BCUT2D eigenvalue weighted by molar-refractivity contribution is 6.42. The molecule has 3 rings (SSSR count). The molecule has 1 aromatic heterocycles. The van der Waals surface area contributed by atoms with Gasteiger partial charge in [0.05, 0.1) is 16.3 Å². The van der Waals surface area contributed by atoms with Crippen LogP contribution in [-0.4, -0.2) is 5.11 Å². The first kappa shape index (κ1) is 12.5. The minimum atomic E-state index is -0.793. The molecular formula is C15H10Cl2O2. The van der Waals surface area contributed by atoms with Crippen LogP contribution in [0.3, 0.4) is 0 Å². The quantitative estimate of drug-likeness (QED) is 0.734. The third-order valence-corrected chi connectivity index (χ3v) is 3.80. The molecule has 0 fully saturated rings. The van der Waals surface area contributed by atoms with Crippen LogP contribution < -0.4 is 0 Å². The summed E-state index contributed by atoms with van der Waals surface area (Å²) in [5.74, 6) is 0. The second-order valence-corrected chi connectivity index (χ2v) is 5.08. The lowest BCUT2D eigenvalue weighted by Crippen LogP contribution is -1.98. The van der Waals surface area contributed by atoms with Crippen LogP contribution in [0.4, 0.5) is 0 Å². The average Bonchev–Trinajstić information content (AvgIpc) is 2.85. The van der Waals surface area contributed by atoms with Gasteiger partial charge in [-0.15, -0.1) is 0 Å². The third-order valence-electron chi connectivity index (χ3n) is 3.06. The van der Waals surface area contributed by atoms with E-state index < -0.39 is 6.10 Å². The SMILES string of the molecule is OC(c1ccc(Cl)c(Cl)c1)c1coc2ccccc12. The van der Waals surface area contributed by atoms with Gasteiger partial charge in [0, 0.05) is 10.9 Å². The fraction of sp³-hybridized carbons (Fsp3) is 0.0667. The van der Waals surface area contributed by atoms with Gasteiger partial charge >= 0.3 is 0 Å². The van der Waals surface area contributed by atoms with E-state index in [1.165, 1.54) is 0 Å². The zero-order valence-corrected chi connectivity index (χ0v) is 11.3. The molecule has 0 saturated heterocycles. The van der Waals surface area contributed by atoms with Gasteiger partial charge in [-0.2, -0.15) is 0 Å². The van der Waals surface area contributed by atoms with Crippen LogP contribution in [0.25, 0.3) is 11.0 Å². The third kappa shape index (κ3) is 2.23. The van der Waals surface area contributed by atoms with Gasteiger partial charge in [0.15, 0.2) is 0 Å². The molecule has 0 bridgehead atoms. The Hall–Kier alpha value is -1.48. The van der Waals surface area contributed by atoms with E-state index in [4.69, 9.17) is 27.6 Å². The first-order chi connectivity index (χ1) is 9.16. The van der Waals surface area contributed by atoms with Crippen molar-refractivity contribution in [2.24, 2.45) is 0 Å². The number of benzene rings is 2. The van der Waals surface area contributed by atoms with Crippen LogP contribution in [0.5, 0.6) is 0 Å². The Morgan fingerprint density at radius 1 is 1.00 bits per heavy atom. The molecule has 19 heavy (non-hydrogen) atoms. The minimum Gasteiger partial charge on any atom is -0.464 e. The van der Waals surface area contributed by atoms with Gasteiger partial charge in [-0.1, -0.05) is 47.5 Å². The maximum Gasteiger partial charge on any atom is 0.134 e. The lowest BCUT2D eigenvalue weighted by atomic mass is 10.0. The van der Waals surface area contributed by atoms with E-state index in [-0.39, 0.29) is 0 Å². The first-order valence-corrected chi connectivity index (χ1v) is 6.51. The molecule has 1 atom stereocenters. The highest BCUT2D eigenvalue weighted by Crippen LogP contribution is 2.33. The Morgan fingerprint density at radius 3 is 2.58 bits per heavy atom. The van der Waals surface area contributed by atoms with E-state index in [9.17, 15) is 5.11 Å². The van der Waals surface area contributed by atoms with Crippen molar-refractivity contribution in [2.75, 3.05) is 0 Å². The van der Waals surface area contributed by atoms with Crippen molar-refractivity contribution in [3.8, 4) is 0 Å². The number of fused-ring (bicyclic) bond motifs is 1. The molecule has 1 heterocycles. The van der Waals surface area contributed by atoms with Gasteiger partial charge in [-0.05, 0) is 23.8 Å². The van der Waals surface area contributed by atoms with Gasteiger partial charge in [-0.25, -0.2) is 0 Å². The minimum absolute atomic E-state index is 0.422. The summed E-state index contributed by atoms with van der Waals surface area (Å²) < 4.78 is 5.43. The van der Waals surface area contributed by atoms with Crippen LogP contribution >= 0.6 is 23.2 Å². The maximum atomic E-state index is 10.4. The number of furan rings is 1. The van der Waals surface area contributed by atoms with Crippen molar-refractivity contribution >= 4 is 34.2 Å². The van der Waals surface area contributed by atoms with Gasteiger partial charge in [0.2, 0.25) is 0 Å². The topological polar surface area (TPSA) is 33.4 Å². The van der Waals surface area contributed by atoms with Crippen LogP contribution in [0, 0.1) is 0 Å². The highest BCUT2D eigenvalue weighted by Gasteiger charge is 2.17. The zero-order valence-electron chi connectivity index (χ0n) is 9.81. The highest BCUT2D eigenvalue weighted by atomic mass is 35.5. The van der Waals surface area contributed by atoms with E-state index >= 15 is 0 Å². The average molecular weight is 293 g/mol. The normalized spacial score (nSPS) is 12.8. The number of aliphatic hydroxyl groups is 1. The fourth-order valence-corrected chi connectivity index (χ4v) is 2.38. The van der Waals surface area contributed by atoms with Crippen LogP contribution in [0.1, 0.15) is 17.2 Å². The van der Waals surface area contributed by atoms with Gasteiger partial charge in [-0.3, -0.25) is 0 Å². The molecule has 0 aliphatic heterocycles. The maximum absolute atomic E-state index is 10.4. The molecule has 2 nitrogen and oxygen atoms in total. The zero-order chi connectivity index (χ0) is 13.4. The van der Waals surface area contributed by atoms with Gasteiger partial charge in [0.25, 0.3) is 0 Å². The summed E-state index contributed by atoms with van der Waals surface area (Å²) in [7, 11) is 0. The number of hydrogen-bond acceptors (Lipinski definition) is 2. The summed E-state index contributed by atoms with van der Waals surface area (Å²) >= 11 is 11.8. The van der Waals surface area contributed by atoms with E-state index in [1.54, 1.807) is 24.5 Å². The lowest BCUT2D eigenvalue weighted by Gasteiger charge is -2.10. The number of halogens is 2.